The fourth-order valence-electron chi connectivity index (χ4n) is 1.77. The van der Waals surface area contributed by atoms with Crippen molar-refractivity contribution in [2.75, 3.05) is 13.2 Å². The summed E-state index contributed by atoms with van der Waals surface area (Å²) in [7, 11) is 0. The highest BCUT2D eigenvalue weighted by Crippen LogP contribution is 2.17. The molecule has 0 atom stereocenters. The zero-order valence-corrected chi connectivity index (χ0v) is 11.8. The van der Waals surface area contributed by atoms with Crippen LogP contribution in [0.15, 0.2) is 24.3 Å². The van der Waals surface area contributed by atoms with Crippen molar-refractivity contribution in [2.24, 2.45) is 0 Å². The molecule has 0 saturated heterocycles. The molecule has 1 aromatic carbocycles. The predicted molar refractivity (Wildman–Crippen MR) is 73.3 cm³/mol. The van der Waals surface area contributed by atoms with Gasteiger partial charge in [-0.2, -0.15) is 0 Å². The number of para-hydroxylation sites is 1. The van der Waals surface area contributed by atoms with E-state index >= 15 is 0 Å². The van der Waals surface area contributed by atoms with E-state index in [0.717, 1.165) is 0 Å². The van der Waals surface area contributed by atoms with Gasteiger partial charge >= 0.3 is 11.9 Å². The van der Waals surface area contributed by atoms with Crippen molar-refractivity contribution in [3.63, 3.8) is 0 Å². The summed E-state index contributed by atoms with van der Waals surface area (Å²) >= 11 is 0. The number of esters is 2. The molecule has 0 N–H and O–H groups in total. The largest absolute Gasteiger partial charge is 0.465 e. The van der Waals surface area contributed by atoms with Crippen LogP contribution in [-0.4, -0.2) is 40.3 Å². The van der Waals surface area contributed by atoms with Gasteiger partial charge in [0.2, 0.25) is 5.92 Å². The molecule has 0 bridgehead atoms. The zero-order chi connectivity index (χ0) is 15.2. The van der Waals surface area contributed by atoms with Crippen LogP contribution in [0.5, 0.6) is 0 Å². The van der Waals surface area contributed by atoms with Crippen LogP contribution >= 0.6 is 0 Å². The normalized spacial score (nSPS) is 10.6. The Morgan fingerprint density at radius 3 is 2.14 bits per heavy atom. The summed E-state index contributed by atoms with van der Waals surface area (Å²) in [5.41, 5.74) is 1.12. The topological polar surface area (TPSA) is 91.3 Å². The number of rotatable bonds is 5. The smallest absolute Gasteiger partial charge is 0.328 e. The molecule has 2 aromatic rings. The maximum atomic E-state index is 12.0. The number of ether oxygens (including phenoxy) is 2. The highest BCUT2D eigenvalue weighted by Gasteiger charge is 2.34. The van der Waals surface area contributed by atoms with Crippen LogP contribution in [0.25, 0.3) is 11.0 Å². The molecule has 0 aliphatic carbocycles. The lowest BCUT2D eigenvalue weighted by Gasteiger charge is -2.12. The minimum absolute atomic E-state index is 0.0226. The van der Waals surface area contributed by atoms with E-state index in [1.807, 2.05) is 0 Å². The van der Waals surface area contributed by atoms with Crippen LogP contribution < -0.4 is 0 Å². The van der Waals surface area contributed by atoms with Gasteiger partial charge in [-0.1, -0.05) is 12.1 Å². The van der Waals surface area contributed by atoms with Gasteiger partial charge < -0.3 is 9.47 Å². The molecule has 1 heterocycles. The van der Waals surface area contributed by atoms with Crippen molar-refractivity contribution in [3.05, 3.63) is 30.1 Å². The first-order valence-corrected chi connectivity index (χ1v) is 6.60. The molecule has 0 saturated carbocycles. The average molecular weight is 289 g/mol. The van der Waals surface area contributed by atoms with Crippen LogP contribution in [-0.2, 0) is 19.1 Å². The number of hydrogen-bond acceptors (Lipinski definition) is 7. The molecule has 0 spiro atoms. The Morgan fingerprint density at radius 2 is 1.57 bits per heavy atom. The van der Waals surface area contributed by atoms with Gasteiger partial charge in [-0.25, -0.2) is 4.98 Å². The second kappa shape index (κ2) is 6.74. The molecule has 7 heteroatoms. The number of benzene rings is 1. The third-order valence-corrected chi connectivity index (χ3v) is 2.68. The molecule has 0 fully saturated rings. The number of nitrogens with zero attached hydrogens (tertiary/aromatic N) is 3. The monoisotopic (exact) mass is 289 g/mol. The van der Waals surface area contributed by atoms with Gasteiger partial charge in [0, 0.05) is 0 Å². The second-order valence-electron chi connectivity index (χ2n) is 4.10. The van der Waals surface area contributed by atoms with Gasteiger partial charge in [-0.05, 0) is 26.0 Å². The molecule has 0 aliphatic rings. The number of fused-ring (bicyclic) bond motifs is 1. The summed E-state index contributed by atoms with van der Waals surface area (Å²) in [6.07, 6.45) is 0. The number of carbonyl (C=O) groups excluding carboxylic acids is 2. The van der Waals surface area contributed by atoms with Crippen molar-refractivity contribution in [3.8, 4) is 0 Å². The van der Waals surface area contributed by atoms with Crippen LogP contribution in [0.2, 0.25) is 0 Å². The van der Waals surface area contributed by atoms with Gasteiger partial charge in [-0.15, -0.1) is 10.2 Å². The second-order valence-corrected chi connectivity index (χ2v) is 4.10. The summed E-state index contributed by atoms with van der Waals surface area (Å²) in [6, 6.07) is 7.04. The fraction of sp³-hybridized carbons (Fsp3) is 0.357. The Labute approximate surface area is 121 Å². The zero-order valence-electron chi connectivity index (χ0n) is 11.8. The lowest BCUT2D eigenvalue weighted by Crippen LogP contribution is -2.28. The van der Waals surface area contributed by atoms with Gasteiger partial charge in [0.15, 0.2) is 5.82 Å². The summed E-state index contributed by atoms with van der Waals surface area (Å²) in [5, 5.41) is 7.81. The maximum absolute atomic E-state index is 12.0. The summed E-state index contributed by atoms with van der Waals surface area (Å²) < 4.78 is 9.78. The minimum Gasteiger partial charge on any atom is -0.465 e. The van der Waals surface area contributed by atoms with Gasteiger partial charge in [0.05, 0.1) is 18.7 Å². The van der Waals surface area contributed by atoms with E-state index in [2.05, 4.69) is 15.2 Å². The van der Waals surface area contributed by atoms with Crippen molar-refractivity contribution < 1.29 is 19.1 Å². The number of aromatic nitrogens is 3. The molecule has 1 aromatic heterocycles. The Bertz CT molecular complexity index is 641. The van der Waals surface area contributed by atoms with Crippen molar-refractivity contribution in [1.29, 1.82) is 0 Å². The van der Waals surface area contributed by atoms with E-state index in [9.17, 15) is 9.59 Å². The van der Waals surface area contributed by atoms with Crippen molar-refractivity contribution in [1.82, 2.24) is 15.2 Å². The number of hydrogen-bond donors (Lipinski definition) is 0. The van der Waals surface area contributed by atoms with E-state index in [1.165, 1.54) is 0 Å². The van der Waals surface area contributed by atoms with E-state index in [4.69, 9.17) is 9.47 Å². The Morgan fingerprint density at radius 1 is 1.00 bits per heavy atom. The Kier molecular flexibility index (Phi) is 4.76. The van der Waals surface area contributed by atoms with E-state index < -0.39 is 17.9 Å². The molecule has 0 unspecified atom stereocenters. The molecular weight excluding hydrogens is 274 g/mol. The van der Waals surface area contributed by atoms with Crippen LogP contribution in [0, 0.1) is 0 Å². The Balaban J connectivity index is 2.41. The molecule has 0 aliphatic heterocycles. The van der Waals surface area contributed by atoms with Gasteiger partial charge in [0.1, 0.15) is 5.52 Å². The first-order valence-electron chi connectivity index (χ1n) is 6.60. The average Bonchev–Trinajstić information content (AvgIpc) is 2.48. The summed E-state index contributed by atoms with van der Waals surface area (Å²) in [4.78, 5) is 28.1. The molecule has 2 rings (SSSR count). The lowest BCUT2D eigenvalue weighted by atomic mass is 10.1. The summed E-state index contributed by atoms with van der Waals surface area (Å²) in [5.74, 6) is -2.83. The highest BCUT2D eigenvalue weighted by molar-refractivity contribution is 6.00. The van der Waals surface area contributed by atoms with E-state index in [-0.39, 0.29) is 19.0 Å². The van der Waals surface area contributed by atoms with Crippen molar-refractivity contribution in [2.45, 2.75) is 19.8 Å². The molecule has 7 nitrogen and oxygen atoms in total. The third-order valence-electron chi connectivity index (χ3n) is 2.68. The van der Waals surface area contributed by atoms with Gasteiger partial charge in [0.25, 0.3) is 0 Å². The standard InChI is InChI=1S/C14H15N3O4/c1-3-20-13(18)11(14(19)21-4-2)12-15-9-7-5-6-8-10(9)16-17-12/h5-8,11H,3-4H2,1-2H3. The predicted octanol–water partition coefficient (Wildman–Crippen LogP) is 1.23. The van der Waals surface area contributed by atoms with Crippen LogP contribution in [0.3, 0.4) is 0 Å². The molecule has 0 radical (unpaired) electrons. The minimum atomic E-state index is -1.32. The third kappa shape index (κ3) is 3.31. The van der Waals surface area contributed by atoms with E-state index in [1.54, 1.807) is 38.1 Å². The molecular formula is C14H15N3O4. The Hall–Kier alpha value is -2.57. The first-order chi connectivity index (χ1) is 10.2. The molecule has 110 valence electrons. The molecule has 0 amide bonds. The quantitative estimate of drug-likeness (QED) is 0.604. The fourth-order valence-corrected chi connectivity index (χ4v) is 1.77. The SMILES string of the molecule is CCOC(=O)C(C(=O)OCC)c1nnc2ccccc2n1. The number of carbonyl (C=O) groups is 2. The van der Waals surface area contributed by atoms with Crippen LogP contribution in [0.1, 0.15) is 25.6 Å². The molecule has 21 heavy (non-hydrogen) atoms. The maximum Gasteiger partial charge on any atom is 0.328 e. The summed E-state index contributed by atoms with van der Waals surface area (Å²) in [6.45, 7) is 3.60. The highest BCUT2D eigenvalue weighted by atomic mass is 16.6. The van der Waals surface area contributed by atoms with E-state index in [0.29, 0.717) is 11.0 Å². The first kappa shape index (κ1) is 14.8. The van der Waals surface area contributed by atoms with Crippen LogP contribution in [0.4, 0.5) is 0 Å². The lowest BCUT2D eigenvalue weighted by molar-refractivity contribution is -0.157. The van der Waals surface area contributed by atoms with Gasteiger partial charge in [-0.3, -0.25) is 9.59 Å². The van der Waals surface area contributed by atoms with Crippen molar-refractivity contribution >= 4 is 23.0 Å².